The molecule has 0 saturated carbocycles. The Labute approximate surface area is 129 Å². The van der Waals surface area contributed by atoms with Gasteiger partial charge in [-0.15, -0.1) is 0 Å². The Morgan fingerprint density at radius 3 is 2.00 bits per heavy atom. The molecule has 1 aliphatic heterocycles. The zero-order valence-corrected chi connectivity index (χ0v) is 14.2. The zero-order valence-electron chi connectivity index (χ0n) is 14.2. The maximum Gasteiger partial charge on any atom is 0.0681 e. The third-order valence-electron chi connectivity index (χ3n) is 4.69. The zero-order chi connectivity index (χ0) is 15.8. The predicted octanol–water partition coefficient (Wildman–Crippen LogP) is 3.91. The first kappa shape index (κ1) is 16.5. The number of hydrogen-bond acceptors (Lipinski definition) is 3. The fourth-order valence-electron chi connectivity index (χ4n) is 3.66. The van der Waals surface area contributed by atoms with Gasteiger partial charge in [0.05, 0.1) is 17.2 Å². The highest BCUT2D eigenvalue weighted by molar-refractivity contribution is 5.28. The van der Waals surface area contributed by atoms with Crippen LogP contribution in [0.4, 0.5) is 0 Å². The molecule has 1 aromatic rings. The van der Waals surface area contributed by atoms with Crippen LogP contribution < -0.4 is 11.3 Å². The van der Waals surface area contributed by atoms with Crippen LogP contribution in [0.5, 0.6) is 0 Å². The number of nitrogens with one attached hydrogen (secondary N) is 1. The molecule has 3 nitrogen and oxygen atoms in total. The van der Waals surface area contributed by atoms with E-state index in [-0.39, 0.29) is 17.2 Å². The standard InChI is InChI=1S/C18H30N2O/c1-12(2)13-7-9-14(10-8-13)16(20-19)15-11-17(3,4)21-18(15,5)6/h7-10,12,15-16,20H,11,19H2,1-6H3. The minimum absolute atomic E-state index is 0.0961. The van der Waals surface area contributed by atoms with Crippen LogP contribution in [0.2, 0.25) is 0 Å². The van der Waals surface area contributed by atoms with E-state index in [1.54, 1.807) is 0 Å². The lowest BCUT2D eigenvalue weighted by Gasteiger charge is -2.33. The predicted molar refractivity (Wildman–Crippen MR) is 87.9 cm³/mol. The van der Waals surface area contributed by atoms with E-state index in [9.17, 15) is 0 Å². The summed E-state index contributed by atoms with van der Waals surface area (Å²) >= 11 is 0. The molecule has 1 aromatic carbocycles. The van der Waals surface area contributed by atoms with Gasteiger partial charge in [0.25, 0.3) is 0 Å². The van der Waals surface area contributed by atoms with Crippen molar-refractivity contribution in [2.75, 3.05) is 0 Å². The Morgan fingerprint density at radius 1 is 1.10 bits per heavy atom. The van der Waals surface area contributed by atoms with Gasteiger partial charge in [-0.25, -0.2) is 0 Å². The summed E-state index contributed by atoms with van der Waals surface area (Å²) < 4.78 is 6.22. The number of ether oxygens (including phenoxy) is 1. The van der Waals surface area contributed by atoms with Crippen LogP contribution in [-0.4, -0.2) is 11.2 Å². The van der Waals surface area contributed by atoms with Crippen molar-refractivity contribution in [1.82, 2.24) is 5.43 Å². The average Bonchev–Trinajstić information content (AvgIpc) is 2.59. The van der Waals surface area contributed by atoms with E-state index in [4.69, 9.17) is 10.6 Å². The van der Waals surface area contributed by atoms with Gasteiger partial charge in [-0.05, 0) is 51.2 Å². The monoisotopic (exact) mass is 290 g/mol. The second-order valence-corrected chi connectivity index (χ2v) is 7.74. The molecule has 1 heterocycles. The maximum absolute atomic E-state index is 6.22. The molecular formula is C18H30N2O. The van der Waals surface area contributed by atoms with E-state index in [0.29, 0.717) is 11.8 Å². The van der Waals surface area contributed by atoms with E-state index >= 15 is 0 Å². The number of rotatable bonds is 4. The minimum Gasteiger partial charge on any atom is -0.369 e. The minimum atomic E-state index is -0.183. The first-order valence-corrected chi connectivity index (χ1v) is 7.92. The molecular weight excluding hydrogens is 260 g/mol. The third-order valence-corrected chi connectivity index (χ3v) is 4.69. The van der Waals surface area contributed by atoms with Gasteiger partial charge >= 0.3 is 0 Å². The normalized spacial score (nSPS) is 25.2. The van der Waals surface area contributed by atoms with Gasteiger partial charge in [-0.1, -0.05) is 38.1 Å². The molecule has 3 N–H and O–H groups in total. The smallest absolute Gasteiger partial charge is 0.0681 e. The lowest BCUT2D eigenvalue weighted by molar-refractivity contribution is -0.0779. The first-order valence-electron chi connectivity index (χ1n) is 7.92. The van der Waals surface area contributed by atoms with E-state index in [2.05, 4.69) is 71.2 Å². The quantitative estimate of drug-likeness (QED) is 0.653. The summed E-state index contributed by atoms with van der Waals surface area (Å²) in [5, 5.41) is 0. The number of nitrogens with two attached hydrogens (primary N) is 1. The highest BCUT2D eigenvalue weighted by atomic mass is 16.5. The molecule has 118 valence electrons. The van der Waals surface area contributed by atoms with Crippen molar-refractivity contribution >= 4 is 0 Å². The Kier molecular flexibility index (Phi) is 4.48. The molecule has 0 radical (unpaired) electrons. The maximum atomic E-state index is 6.22. The molecule has 0 aliphatic carbocycles. The molecule has 1 saturated heterocycles. The van der Waals surface area contributed by atoms with Crippen molar-refractivity contribution < 1.29 is 4.74 Å². The Hall–Kier alpha value is -0.900. The molecule has 0 aromatic heterocycles. The lowest BCUT2D eigenvalue weighted by atomic mass is 9.79. The van der Waals surface area contributed by atoms with Crippen LogP contribution in [0.25, 0.3) is 0 Å². The Bertz CT molecular complexity index is 476. The summed E-state index contributed by atoms with van der Waals surface area (Å²) in [4.78, 5) is 0. The molecule has 0 amide bonds. The van der Waals surface area contributed by atoms with Crippen LogP contribution in [0.1, 0.15) is 71.0 Å². The number of hydrogen-bond donors (Lipinski definition) is 2. The van der Waals surface area contributed by atoms with E-state index in [1.807, 2.05) is 0 Å². The summed E-state index contributed by atoms with van der Waals surface area (Å²) in [5.74, 6) is 6.79. The van der Waals surface area contributed by atoms with Gasteiger partial charge < -0.3 is 4.74 Å². The molecule has 2 rings (SSSR count). The first-order chi connectivity index (χ1) is 9.66. The van der Waals surface area contributed by atoms with Crippen molar-refractivity contribution in [3.8, 4) is 0 Å². The van der Waals surface area contributed by atoms with Crippen LogP contribution in [0.3, 0.4) is 0 Å². The van der Waals surface area contributed by atoms with Crippen LogP contribution in [0.15, 0.2) is 24.3 Å². The molecule has 21 heavy (non-hydrogen) atoms. The van der Waals surface area contributed by atoms with Crippen molar-refractivity contribution in [2.24, 2.45) is 11.8 Å². The van der Waals surface area contributed by atoms with Crippen molar-refractivity contribution in [3.63, 3.8) is 0 Å². The van der Waals surface area contributed by atoms with Gasteiger partial charge in [-0.3, -0.25) is 11.3 Å². The molecule has 0 spiro atoms. The van der Waals surface area contributed by atoms with Crippen LogP contribution in [-0.2, 0) is 4.74 Å². The molecule has 1 aliphatic rings. The highest BCUT2D eigenvalue weighted by Gasteiger charge is 2.49. The summed E-state index contributed by atoms with van der Waals surface area (Å²) in [7, 11) is 0. The molecule has 2 unspecified atom stereocenters. The lowest BCUT2D eigenvalue weighted by Crippen LogP contribution is -2.41. The number of benzene rings is 1. The average molecular weight is 290 g/mol. The molecule has 1 fully saturated rings. The second-order valence-electron chi connectivity index (χ2n) is 7.74. The third kappa shape index (κ3) is 3.47. The Balaban J connectivity index is 2.27. The van der Waals surface area contributed by atoms with Crippen molar-refractivity contribution in [2.45, 2.75) is 71.1 Å². The second kappa shape index (κ2) is 5.71. The topological polar surface area (TPSA) is 47.3 Å². The molecule has 2 atom stereocenters. The van der Waals surface area contributed by atoms with Crippen molar-refractivity contribution in [3.05, 3.63) is 35.4 Å². The molecule has 3 heteroatoms. The van der Waals surface area contributed by atoms with Crippen LogP contribution in [0, 0.1) is 5.92 Å². The van der Waals surface area contributed by atoms with Gasteiger partial charge in [-0.2, -0.15) is 0 Å². The molecule has 0 bridgehead atoms. The van der Waals surface area contributed by atoms with Crippen molar-refractivity contribution in [1.29, 1.82) is 0 Å². The SMILES string of the molecule is CC(C)c1ccc(C(NN)C2CC(C)(C)OC2(C)C)cc1. The van der Waals surface area contributed by atoms with E-state index in [1.165, 1.54) is 11.1 Å². The summed E-state index contributed by atoms with van der Waals surface area (Å²) in [6.07, 6.45) is 1.00. The van der Waals surface area contributed by atoms with E-state index < -0.39 is 0 Å². The summed E-state index contributed by atoms with van der Waals surface area (Å²) in [6.45, 7) is 13.1. The van der Waals surface area contributed by atoms with Gasteiger partial charge in [0, 0.05) is 5.92 Å². The van der Waals surface area contributed by atoms with Gasteiger partial charge in [0.2, 0.25) is 0 Å². The van der Waals surface area contributed by atoms with Gasteiger partial charge in [0.15, 0.2) is 0 Å². The Morgan fingerprint density at radius 2 is 1.62 bits per heavy atom. The van der Waals surface area contributed by atoms with E-state index in [0.717, 1.165) is 6.42 Å². The fourth-order valence-corrected chi connectivity index (χ4v) is 3.66. The summed E-state index contributed by atoms with van der Waals surface area (Å²) in [6, 6.07) is 8.92. The summed E-state index contributed by atoms with van der Waals surface area (Å²) in [5.41, 5.74) is 5.34. The van der Waals surface area contributed by atoms with Gasteiger partial charge in [0.1, 0.15) is 0 Å². The largest absolute Gasteiger partial charge is 0.369 e. The van der Waals surface area contributed by atoms with Crippen LogP contribution >= 0.6 is 0 Å². The number of hydrazine groups is 1. The highest BCUT2D eigenvalue weighted by Crippen LogP contribution is 2.47. The fraction of sp³-hybridized carbons (Fsp3) is 0.667.